The Morgan fingerprint density at radius 3 is 3.00 bits per heavy atom. The van der Waals surface area contributed by atoms with E-state index in [1.54, 1.807) is 0 Å². The van der Waals surface area contributed by atoms with Crippen LogP contribution in [0.1, 0.15) is 5.69 Å². The Labute approximate surface area is 81.7 Å². The highest BCUT2D eigenvalue weighted by molar-refractivity contribution is 5.81. The number of rotatable bonds is 3. The lowest BCUT2D eigenvalue weighted by atomic mass is 10.1. The maximum atomic E-state index is 8.85. The fraction of sp³-hybridized carbons (Fsp3) is 0.300. The van der Waals surface area contributed by atoms with Crippen LogP contribution in [0.3, 0.4) is 0 Å². The molecule has 0 radical (unpaired) electrons. The zero-order valence-electron chi connectivity index (χ0n) is 7.77. The van der Waals surface area contributed by atoms with Crippen molar-refractivity contribution in [3.8, 4) is 0 Å². The topological polar surface area (TPSA) is 74.9 Å². The molecule has 0 saturated carbocycles. The van der Waals surface area contributed by atoms with Crippen LogP contribution < -0.4 is 5.73 Å². The molecule has 1 heterocycles. The molecule has 0 aliphatic heterocycles. The number of nitrogens with two attached hydrogens (primary N) is 1. The highest BCUT2D eigenvalue weighted by Gasteiger charge is 2.08. The second-order valence-corrected chi connectivity index (χ2v) is 3.37. The van der Waals surface area contributed by atoms with Crippen molar-refractivity contribution in [3.05, 3.63) is 30.0 Å². The van der Waals surface area contributed by atoms with Crippen LogP contribution >= 0.6 is 0 Å². The van der Waals surface area contributed by atoms with Gasteiger partial charge in [0.25, 0.3) is 0 Å². The molecule has 0 aliphatic rings. The van der Waals surface area contributed by atoms with Crippen LogP contribution in [0.2, 0.25) is 0 Å². The first-order chi connectivity index (χ1) is 6.81. The van der Waals surface area contributed by atoms with E-state index in [2.05, 4.69) is 10.2 Å². The molecule has 2 aromatic rings. The van der Waals surface area contributed by atoms with E-state index in [9.17, 15) is 0 Å². The first-order valence-corrected chi connectivity index (χ1v) is 4.59. The van der Waals surface area contributed by atoms with E-state index < -0.39 is 0 Å². The number of nitrogens with one attached hydrogen (secondary N) is 1. The van der Waals surface area contributed by atoms with Crippen LogP contribution in [0.25, 0.3) is 10.9 Å². The Bertz CT molecular complexity index is 424. The molecule has 0 fully saturated rings. The summed E-state index contributed by atoms with van der Waals surface area (Å²) in [6.45, 7) is -0.00660. The summed E-state index contributed by atoms with van der Waals surface area (Å²) in [6, 6.07) is 7.63. The minimum atomic E-state index is -0.223. The quantitative estimate of drug-likeness (QED) is 0.658. The molecule has 0 bridgehead atoms. The lowest BCUT2D eigenvalue weighted by molar-refractivity contribution is 0.265. The lowest BCUT2D eigenvalue weighted by Crippen LogP contribution is -2.27. The summed E-state index contributed by atoms with van der Waals surface area (Å²) in [6.07, 6.45) is 0.622. The average molecular weight is 191 g/mol. The predicted molar refractivity (Wildman–Crippen MR) is 54.9 cm³/mol. The van der Waals surface area contributed by atoms with Crippen molar-refractivity contribution >= 4 is 10.9 Å². The number of aromatic amines is 1. The minimum absolute atomic E-state index is 0.00660. The van der Waals surface area contributed by atoms with Crippen LogP contribution in [0.4, 0.5) is 0 Å². The Kier molecular flexibility index (Phi) is 2.47. The van der Waals surface area contributed by atoms with E-state index >= 15 is 0 Å². The zero-order chi connectivity index (χ0) is 9.97. The molecule has 4 heteroatoms. The highest BCUT2D eigenvalue weighted by atomic mass is 16.3. The van der Waals surface area contributed by atoms with Gasteiger partial charge in [0.05, 0.1) is 12.1 Å². The number of para-hydroxylation sites is 1. The fourth-order valence-corrected chi connectivity index (χ4v) is 1.50. The Balaban J connectivity index is 2.33. The molecule has 1 aromatic carbocycles. The highest BCUT2D eigenvalue weighted by Crippen LogP contribution is 2.15. The molecule has 0 saturated heterocycles. The molecule has 4 nitrogen and oxygen atoms in total. The van der Waals surface area contributed by atoms with Crippen molar-refractivity contribution < 1.29 is 5.11 Å². The molecule has 1 atom stereocenters. The molecule has 2 rings (SSSR count). The number of fused-ring (bicyclic) bond motifs is 1. The normalized spacial score (nSPS) is 13.3. The number of aromatic nitrogens is 2. The van der Waals surface area contributed by atoms with Gasteiger partial charge in [-0.15, -0.1) is 0 Å². The van der Waals surface area contributed by atoms with Crippen LogP contribution in [0.5, 0.6) is 0 Å². The number of hydrogen-bond donors (Lipinski definition) is 3. The molecule has 0 amide bonds. The van der Waals surface area contributed by atoms with Gasteiger partial charge in [0, 0.05) is 23.5 Å². The van der Waals surface area contributed by atoms with Crippen LogP contribution in [-0.2, 0) is 6.42 Å². The van der Waals surface area contributed by atoms with Gasteiger partial charge in [0.15, 0.2) is 0 Å². The second-order valence-electron chi connectivity index (χ2n) is 3.37. The van der Waals surface area contributed by atoms with Gasteiger partial charge < -0.3 is 10.8 Å². The maximum Gasteiger partial charge on any atom is 0.0923 e. The third-order valence-corrected chi connectivity index (χ3v) is 2.24. The molecule has 14 heavy (non-hydrogen) atoms. The van der Waals surface area contributed by atoms with E-state index in [1.165, 1.54) is 0 Å². The van der Waals surface area contributed by atoms with Crippen molar-refractivity contribution in [2.45, 2.75) is 12.5 Å². The van der Waals surface area contributed by atoms with Crippen LogP contribution in [0, 0.1) is 0 Å². The standard InChI is InChI=1S/C10H13N3O/c11-7(6-14)5-10-8-3-1-2-4-9(8)12-13-10/h1-4,7,14H,5-6,11H2,(H,12,13). The smallest absolute Gasteiger partial charge is 0.0923 e. The van der Waals surface area contributed by atoms with E-state index in [0.29, 0.717) is 6.42 Å². The van der Waals surface area contributed by atoms with Crippen molar-refractivity contribution in [1.29, 1.82) is 0 Å². The summed E-state index contributed by atoms with van der Waals surface area (Å²) in [7, 11) is 0. The van der Waals surface area contributed by atoms with E-state index in [-0.39, 0.29) is 12.6 Å². The van der Waals surface area contributed by atoms with Crippen LogP contribution in [-0.4, -0.2) is 28.0 Å². The van der Waals surface area contributed by atoms with E-state index in [4.69, 9.17) is 10.8 Å². The van der Waals surface area contributed by atoms with E-state index in [1.807, 2.05) is 24.3 Å². The minimum Gasteiger partial charge on any atom is -0.395 e. The van der Waals surface area contributed by atoms with Crippen molar-refractivity contribution in [2.24, 2.45) is 5.73 Å². The summed E-state index contributed by atoms with van der Waals surface area (Å²) in [5.41, 5.74) is 7.58. The van der Waals surface area contributed by atoms with Crippen molar-refractivity contribution in [1.82, 2.24) is 10.2 Å². The predicted octanol–water partition coefficient (Wildman–Crippen LogP) is 0.425. The monoisotopic (exact) mass is 191 g/mol. The second kappa shape index (κ2) is 3.77. The van der Waals surface area contributed by atoms with Gasteiger partial charge in [-0.05, 0) is 6.07 Å². The number of nitrogens with zero attached hydrogens (tertiary/aromatic N) is 1. The summed E-state index contributed by atoms with van der Waals surface area (Å²) in [4.78, 5) is 0. The number of benzene rings is 1. The largest absolute Gasteiger partial charge is 0.395 e. The van der Waals surface area contributed by atoms with Gasteiger partial charge in [-0.3, -0.25) is 5.10 Å². The van der Waals surface area contributed by atoms with Gasteiger partial charge in [0.2, 0.25) is 0 Å². The Hall–Kier alpha value is -1.39. The third kappa shape index (κ3) is 1.62. The van der Waals surface area contributed by atoms with Gasteiger partial charge >= 0.3 is 0 Å². The van der Waals surface area contributed by atoms with Gasteiger partial charge in [-0.25, -0.2) is 0 Å². The molecule has 1 unspecified atom stereocenters. The lowest BCUT2D eigenvalue weighted by Gasteiger charge is -2.05. The van der Waals surface area contributed by atoms with Gasteiger partial charge in [-0.1, -0.05) is 18.2 Å². The van der Waals surface area contributed by atoms with Crippen molar-refractivity contribution in [3.63, 3.8) is 0 Å². The first kappa shape index (κ1) is 9.18. The molecule has 74 valence electrons. The third-order valence-electron chi connectivity index (χ3n) is 2.24. The molecular formula is C10H13N3O. The summed E-state index contributed by atoms with van der Waals surface area (Å²) < 4.78 is 0. The number of hydrogen-bond acceptors (Lipinski definition) is 3. The van der Waals surface area contributed by atoms with Crippen molar-refractivity contribution in [2.75, 3.05) is 6.61 Å². The maximum absolute atomic E-state index is 8.85. The summed E-state index contributed by atoms with van der Waals surface area (Å²) >= 11 is 0. The van der Waals surface area contributed by atoms with Gasteiger partial charge in [0.1, 0.15) is 0 Å². The van der Waals surface area contributed by atoms with Gasteiger partial charge in [-0.2, -0.15) is 5.10 Å². The average Bonchev–Trinajstić information content (AvgIpc) is 2.62. The molecule has 4 N–H and O–H groups in total. The molecule has 1 aromatic heterocycles. The Morgan fingerprint density at radius 2 is 2.21 bits per heavy atom. The van der Waals surface area contributed by atoms with Crippen LogP contribution in [0.15, 0.2) is 24.3 Å². The molecule has 0 spiro atoms. The fourth-order valence-electron chi connectivity index (χ4n) is 1.50. The molecule has 0 aliphatic carbocycles. The zero-order valence-corrected chi connectivity index (χ0v) is 7.77. The van der Waals surface area contributed by atoms with E-state index in [0.717, 1.165) is 16.6 Å². The summed E-state index contributed by atoms with van der Waals surface area (Å²) in [5.74, 6) is 0. The number of aliphatic hydroxyl groups excluding tert-OH is 1. The Morgan fingerprint density at radius 1 is 1.43 bits per heavy atom. The molecular weight excluding hydrogens is 178 g/mol. The summed E-state index contributed by atoms with van der Waals surface area (Å²) in [5, 5.41) is 17.0. The number of aliphatic hydroxyl groups is 1. The first-order valence-electron chi connectivity index (χ1n) is 4.59. The number of H-pyrrole nitrogens is 1. The SMILES string of the molecule is NC(CO)Cc1[nH]nc2ccccc12.